The summed E-state index contributed by atoms with van der Waals surface area (Å²) in [6.07, 6.45) is 0. The van der Waals surface area contributed by atoms with Crippen molar-refractivity contribution in [2.45, 2.75) is 38.3 Å². The summed E-state index contributed by atoms with van der Waals surface area (Å²) in [4.78, 5) is 0. The number of nitrogens with zero attached hydrogens (tertiary/aromatic N) is 4. The van der Waals surface area contributed by atoms with Crippen LogP contribution in [0.4, 0.5) is 0 Å². The quantitative estimate of drug-likeness (QED) is 0.424. The summed E-state index contributed by atoms with van der Waals surface area (Å²) in [5.41, 5.74) is 7.04. The van der Waals surface area contributed by atoms with E-state index in [-0.39, 0.29) is 0 Å². The van der Waals surface area contributed by atoms with Gasteiger partial charge in [0.1, 0.15) is 6.54 Å². The third-order valence-electron chi connectivity index (χ3n) is 4.93. The highest BCUT2D eigenvalue weighted by atomic mass is 32.2. The molecule has 0 atom stereocenters. The van der Waals surface area contributed by atoms with Crippen LogP contribution < -0.4 is 0 Å². The van der Waals surface area contributed by atoms with Gasteiger partial charge in [-0.2, -0.15) is 5.10 Å². The van der Waals surface area contributed by atoms with Crippen LogP contribution in [0.5, 0.6) is 0 Å². The summed E-state index contributed by atoms with van der Waals surface area (Å²) in [5.74, 6) is 1.34. The van der Waals surface area contributed by atoms with Gasteiger partial charge in [0.25, 0.3) is 5.22 Å². The van der Waals surface area contributed by atoms with E-state index in [1.807, 2.05) is 17.7 Å². The maximum atomic E-state index is 5.84. The third kappa shape index (κ3) is 3.87. The zero-order valence-electron chi connectivity index (χ0n) is 16.2. The Morgan fingerprint density at radius 2 is 1.68 bits per heavy atom. The molecule has 0 bridgehead atoms. The zero-order chi connectivity index (χ0) is 19.5. The minimum Gasteiger partial charge on any atom is -0.414 e. The van der Waals surface area contributed by atoms with E-state index in [4.69, 9.17) is 4.42 Å². The number of aromatic nitrogens is 4. The van der Waals surface area contributed by atoms with E-state index < -0.39 is 0 Å². The van der Waals surface area contributed by atoms with Gasteiger partial charge in [0.15, 0.2) is 0 Å². The molecule has 142 valence electrons. The van der Waals surface area contributed by atoms with Crippen molar-refractivity contribution in [2.24, 2.45) is 0 Å². The molecule has 2 heterocycles. The molecule has 4 aromatic rings. The van der Waals surface area contributed by atoms with Gasteiger partial charge >= 0.3 is 0 Å². The smallest absolute Gasteiger partial charge is 0.276 e. The minimum absolute atomic E-state index is 0.495. The molecule has 0 spiro atoms. The minimum atomic E-state index is 0.495. The first-order chi connectivity index (χ1) is 13.6. The summed E-state index contributed by atoms with van der Waals surface area (Å²) in [6.45, 7) is 6.64. The first-order valence-corrected chi connectivity index (χ1v) is 10.2. The first-order valence-electron chi connectivity index (χ1n) is 9.21. The Morgan fingerprint density at radius 3 is 2.43 bits per heavy atom. The lowest BCUT2D eigenvalue weighted by molar-refractivity contribution is 0.396. The van der Waals surface area contributed by atoms with Crippen molar-refractivity contribution in [2.75, 3.05) is 0 Å². The fourth-order valence-corrected chi connectivity index (χ4v) is 3.90. The number of aryl methyl sites for hydroxylation is 1. The van der Waals surface area contributed by atoms with E-state index in [1.165, 1.54) is 22.3 Å². The average Bonchev–Trinajstić information content (AvgIpc) is 3.27. The molecule has 28 heavy (non-hydrogen) atoms. The number of thioether (sulfide) groups is 1. The average molecular weight is 391 g/mol. The summed E-state index contributed by atoms with van der Waals surface area (Å²) in [6, 6.07) is 18.8. The van der Waals surface area contributed by atoms with E-state index in [1.54, 1.807) is 11.8 Å². The van der Waals surface area contributed by atoms with Crippen LogP contribution in [0.3, 0.4) is 0 Å². The molecular weight excluding hydrogens is 368 g/mol. The van der Waals surface area contributed by atoms with E-state index in [0.717, 1.165) is 17.1 Å². The summed E-state index contributed by atoms with van der Waals surface area (Å²) in [7, 11) is 0. The Kier molecular flexibility index (Phi) is 5.30. The van der Waals surface area contributed by atoms with Crippen molar-refractivity contribution < 1.29 is 4.42 Å². The van der Waals surface area contributed by atoms with Crippen LogP contribution in [0.2, 0.25) is 0 Å². The first kappa shape index (κ1) is 18.5. The van der Waals surface area contributed by atoms with Gasteiger partial charge in [0.2, 0.25) is 5.89 Å². The van der Waals surface area contributed by atoms with Crippen LogP contribution in [-0.4, -0.2) is 20.0 Å². The molecule has 5 nitrogen and oxygen atoms in total. The monoisotopic (exact) mass is 390 g/mol. The van der Waals surface area contributed by atoms with Gasteiger partial charge in [-0.25, -0.2) is 0 Å². The summed E-state index contributed by atoms with van der Waals surface area (Å²) in [5, 5.41) is 13.5. The highest BCUT2D eigenvalue weighted by molar-refractivity contribution is 7.98. The van der Waals surface area contributed by atoms with Gasteiger partial charge in [0, 0.05) is 11.4 Å². The molecule has 2 aromatic carbocycles. The standard InChI is InChI=1S/C22H22N4OS/c1-15-16(2)25-26(17(15)3)13-21-23-24-22(27-21)28-14-19-11-7-8-12-20(19)18-9-5-4-6-10-18/h4-12H,13-14H2,1-3H3. The molecule has 0 aliphatic heterocycles. The maximum absolute atomic E-state index is 5.84. The number of hydrogen-bond acceptors (Lipinski definition) is 5. The lowest BCUT2D eigenvalue weighted by Gasteiger charge is -2.08. The second kappa shape index (κ2) is 8.02. The highest BCUT2D eigenvalue weighted by Gasteiger charge is 2.13. The van der Waals surface area contributed by atoms with Crippen LogP contribution >= 0.6 is 11.8 Å². The molecular formula is C22H22N4OS. The molecule has 0 amide bonds. The third-order valence-corrected chi connectivity index (χ3v) is 5.80. The molecule has 2 aromatic heterocycles. The SMILES string of the molecule is Cc1nn(Cc2nnc(SCc3ccccc3-c3ccccc3)o2)c(C)c1C. The van der Waals surface area contributed by atoms with Crippen molar-refractivity contribution in [3.8, 4) is 11.1 Å². The van der Waals surface area contributed by atoms with Crippen molar-refractivity contribution in [3.05, 3.63) is 83.0 Å². The predicted molar refractivity (Wildman–Crippen MR) is 111 cm³/mol. The molecule has 4 rings (SSSR count). The molecule has 0 aliphatic rings. The van der Waals surface area contributed by atoms with Gasteiger partial charge in [0.05, 0.1) is 5.69 Å². The molecule has 0 aliphatic carbocycles. The normalized spacial score (nSPS) is 11.1. The maximum Gasteiger partial charge on any atom is 0.276 e. The summed E-state index contributed by atoms with van der Waals surface area (Å²) >= 11 is 1.56. The Hall–Kier alpha value is -2.86. The lowest BCUT2D eigenvalue weighted by Crippen LogP contribution is -2.04. The molecule has 0 N–H and O–H groups in total. The highest BCUT2D eigenvalue weighted by Crippen LogP contribution is 2.29. The van der Waals surface area contributed by atoms with Crippen LogP contribution in [-0.2, 0) is 12.3 Å². The molecule has 0 fully saturated rings. The van der Waals surface area contributed by atoms with Crippen LogP contribution in [0.15, 0.2) is 64.2 Å². The second-order valence-corrected chi connectivity index (χ2v) is 7.65. The molecule has 0 saturated carbocycles. The Balaban J connectivity index is 1.46. The van der Waals surface area contributed by atoms with E-state index in [2.05, 4.69) is 77.7 Å². The number of benzene rings is 2. The predicted octanol–water partition coefficient (Wildman–Crippen LogP) is 5.20. The van der Waals surface area contributed by atoms with Crippen molar-refractivity contribution in [3.63, 3.8) is 0 Å². The van der Waals surface area contributed by atoms with Crippen LogP contribution in [0, 0.1) is 20.8 Å². The molecule has 0 radical (unpaired) electrons. The van der Waals surface area contributed by atoms with Crippen molar-refractivity contribution in [1.82, 2.24) is 20.0 Å². The molecule has 0 saturated heterocycles. The van der Waals surface area contributed by atoms with Crippen molar-refractivity contribution >= 4 is 11.8 Å². The lowest BCUT2D eigenvalue weighted by atomic mass is 10.0. The van der Waals surface area contributed by atoms with E-state index in [9.17, 15) is 0 Å². The molecule has 0 unspecified atom stereocenters. The van der Waals surface area contributed by atoms with Crippen LogP contribution in [0.1, 0.15) is 28.4 Å². The fraction of sp³-hybridized carbons (Fsp3) is 0.227. The van der Waals surface area contributed by atoms with E-state index >= 15 is 0 Å². The van der Waals surface area contributed by atoms with E-state index in [0.29, 0.717) is 17.7 Å². The largest absolute Gasteiger partial charge is 0.414 e. The molecule has 6 heteroatoms. The van der Waals surface area contributed by atoms with Gasteiger partial charge in [-0.15, -0.1) is 10.2 Å². The number of hydrogen-bond donors (Lipinski definition) is 0. The fourth-order valence-electron chi connectivity index (χ4n) is 3.11. The summed E-state index contributed by atoms with van der Waals surface area (Å²) < 4.78 is 7.75. The van der Waals surface area contributed by atoms with Crippen molar-refractivity contribution in [1.29, 1.82) is 0 Å². The number of rotatable bonds is 6. The Morgan fingerprint density at radius 1 is 0.929 bits per heavy atom. The van der Waals surface area contributed by atoms with Gasteiger partial charge in [-0.3, -0.25) is 4.68 Å². The Labute approximate surface area is 168 Å². The topological polar surface area (TPSA) is 56.7 Å². The van der Waals surface area contributed by atoms with Gasteiger partial charge in [-0.1, -0.05) is 66.4 Å². The van der Waals surface area contributed by atoms with Crippen LogP contribution in [0.25, 0.3) is 11.1 Å². The second-order valence-electron chi connectivity index (χ2n) is 6.73. The van der Waals surface area contributed by atoms with Gasteiger partial charge < -0.3 is 4.42 Å². The Bertz CT molecular complexity index is 1090. The van der Waals surface area contributed by atoms with Gasteiger partial charge in [-0.05, 0) is 43.0 Å². The zero-order valence-corrected chi connectivity index (χ0v) is 17.0.